The van der Waals surface area contributed by atoms with Gasteiger partial charge in [0.15, 0.2) is 5.11 Å². The summed E-state index contributed by atoms with van der Waals surface area (Å²) in [6.07, 6.45) is 6.51. The van der Waals surface area contributed by atoms with Crippen molar-refractivity contribution in [2.45, 2.75) is 45.4 Å². The maximum Gasteiger partial charge on any atom is 0.341 e. The van der Waals surface area contributed by atoms with Crippen molar-refractivity contribution >= 4 is 56.9 Å². The molecule has 8 heteroatoms. The van der Waals surface area contributed by atoms with Crippen molar-refractivity contribution in [3.8, 4) is 5.75 Å². The van der Waals surface area contributed by atoms with Gasteiger partial charge in [-0.3, -0.25) is 0 Å². The lowest BCUT2D eigenvalue weighted by Gasteiger charge is -2.14. The minimum absolute atomic E-state index is 0.295. The summed E-state index contributed by atoms with van der Waals surface area (Å²) >= 11 is 13.2. The molecule has 0 amide bonds. The Morgan fingerprint density at radius 1 is 1.21 bits per heavy atom. The molecule has 2 aromatic rings. The first kappa shape index (κ1) is 21.9. The Morgan fingerprint density at radius 2 is 1.97 bits per heavy atom. The number of anilines is 2. The fourth-order valence-corrected chi connectivity index (χ4v) is 5.19. The molecule has 1 aliphatic carbocycles. The molecule has 3 rings (SSSR count). The molecule has 29 heavy (non-hydrogen) atoms. The van der Waals surface area contributed by atoms with Gasteiger partial charge in [-0.15, -0.1) is 11.3 Å². The number of thiocarbonyl (C=S) groups is 1. The highest BCUT2D eigenvalue weighted by Crippen LogP contribution is 2.38. The minimum Gasteiger partial charge on any atom is -0.495 e. The first-order valence-corrected chi connectivity index (χ1v) is 11.4. The van der Waals surface area contributed by atoms with E-state index in [9.17, 15) is 4.79 Å². The third-order valence-corrected chi connectivity index (χ3v) is 6.43. The number of nitrogens with one attached hydrogen (secondary N) is 2. The molecule has 0 bridgehead atoms. The van der Waals surface area contributed by atoms with Gasteiger partial charge in [-0.1, -0.05) is 24.4 Å². The molecule has 5 nitrogen and oxygen atoms in total. The van der Waals surface area contributed by atoms with E-state index in [1.807, 2.05) is 6.92 Å². The number of carbonyl (C=O) groups excluding carboxylic acids is 1. The lowest BCUT2D eigenvalue weighted by molar-refractivity contribution is 0.0526. The predicted octanol–water partition coefficient (Wildman–Crippen LogP) is 6.05. The highest BCUT2D eigenvalue weighted by atomic mass is 35.5. The van der Waals surface area contributed by atoms with Crippen LogP contribution in [0.1, 0.15) is 53.4 Å². The number of methoxy groups -OCH3 is 1. The van der Waals surface area contributed by atoms with Crippen LogP contribution in [-0.4, -0.2) is 24.8 Å². The molecular weight excluding hydrogens is 428 g/mol. The van der Waals surface area contributed by atoms with E-state index in [0.717, 1.165) is 36.2 Å². The zero-order valence-electron chi connectivity index (χ0n) is 16.6. The van der Waals surface area contributed by atoms with Crippen LogP contribution in [-0.2, 0) is 17.6 Å². The SMILES string of the molecule is CCOC(=O)c1c(NC(=S)Nc2cc(Cl)ccc2OC)sc2c1CCCCCC2. The van der Waals surface area contributed by atoms with Crippen molar-refractivity contribution in [1.29, 1.82) is 0 Å². The van der Waals surface area contributed by atoms with Crippen molar-refractivity contribution in [3.63, 3.8) is 0 Å². The van der Waals surface area contributed by atoms with Crippen LogP contribution >= 0.6 is 35.2 Å². The van der Waals surface area contributed by atoms with E-state index in [1.54, 1.807) is 36.6 Å². The highest BCUT2D eigenvalue weighted by Gasteiger charge is 2.25. The number of fused-ring (bicyclic) bond motifs is 1. The molecule has 1 heterocycles. The zero-order valence-corrected chi connectivity index (χ0v) is 19.0. The smallest absolute Gasteiger partial charge is 0.341 e. The molecular formula is C21H25ClN2O3S2. The Hall–Kier alpha value is -1.83. The average Bonchev–Trinajstić information content (AvgIpc) is 2.98. The van der Waals surface area contributed by atoms with Crippen LogP contribution in [0.5, 0.6) is 5.75 Å². The van der Waals surface area contributed by atoms with E-state index in [0.29, 0.717) is 33.7 Å². The molecule has 2 N–H and O–H groups in total. The van der Waals surface area contributed by atoms with Gasteiger partial charge in [0.25, 0.3) is 0 Å². The number of rotatable bonds is 5. The molecule has 0 unspecified atom stereocenters. The molecule has 0 atom stereocenters. The normalized spacial score (nSPS) is 13.6. The summed E-state index contributed by atoms with van der Waals surface area (Å²) in [4.78, 5) is 14.0. The summed E-state index contributed by atoms with van der Waals surface area (Å²) in [7, 11) is 1.59. The summed E-state index contributed by atoms with van der Waals surface area (Å²) in [6.45, 7) is 2.16. The topological polar surface area (TPSA) is 59.6 Å². The van der Waals surface area contributed by atoms with Crippen LogP contribution in [0.15, 0.2) is 18.2 Å². The van der Waals surface area contributed by atoms with Crippen molar-refractivity contribution in [1.82, 2.24) is 0 Å². The summed E-state index contributed by atoms with van der Waals surface area (Å²) in [5.74, 6) is 0.332. The second-order valence-electron chi connectivity index (χ2n) is 6.77. The molecule has 1 aromatic heterocycles. The minimum atomic E-state index is -0.295. The van der Waals surface area contributed by atoms with Crippen molar-refractivity contribution in [3.05, 3.63) is 39.2 Å². The number of esters is 1. The van der Waals surface area contributed by atoms with Gasteiger partial charge in [0.2, 0.25) is 0 Å². The quantitative estimate of drug-likeness (QED) is 0.425. The second kappa shape index (κ2) is 10.3. The molecule has 1 aromatic carbocycles. The number of aryl methyl sites for hydroxylation is 1. The van der Waals surface area contributed by atoms with Crippen LogP contribution in [0, 0.1) is 0 Å². The number of thiophene rings is 1. The van der Waals surface area contributed by atoms with Crippen LogP contribution < -0.4 is 15.4 Å². The van der Waals surface area contributed by atoms with E-state index < -0.39 is 0 Å². The van der Waals surface area contributed by atoms with E-state index in [-0.39, 0.29) is 5.97 Å². The number of halogens is 1. The lowest BCUT2D eigenvalue weighted by Crippen LogP contribution is -2.21. The Kier molecular flexibility index (Phi) is 7.75. The van der Waals surface area contributed by atoms with Gasteiger partial charge in [0, 0.05) is 9.90 Å². The molecule has 0 radical (unpaired) electrons. The van der Waals surface area contributed by atoms with E-state index >= 15 is 0 Å². The maximum atomic E-state index is 12.7. The van der Waals surface area contributed by atoms with Gasteiger partial charge < -0.3 is 20.1 Å². The number of benzene rings is 1. The summed E-state index contributed by atoms with van der Waals surface area (Å²) < 4.78 is 10.7. The Morgan fingerprint density at radius 3 is 2.69 bits per heavy atom. The van der Waals surface area contributed by atoms with Gasteiger partial charge in [-0.25, -0.2) is 4.79 Å². The van der Waals surface area contributed by atoms with Gasteiger partial charge >= 0.3 is 5.97 Å². The zero-order chi connectivity index (χ0) is 20.8. The molecule has 0 fully saturated rings. The van der Waals surface area contributed by atoms with Crippen molar-refractivity contribution in [2.75, 3.05) is 24.4 Å². The summed E-state index contributed by atoms with van der Waals surface area (Å²) in [5, 5.41) is 7.99. The monoisotopic (exact) mass is 452 g/mol. The Bertz CT molecular complexity index is 898. The second-order valence-corrected chi connectivity index (χ2v) is 8.72. The van der Waals surface area contributed by atoms with Crippen LogP contribution in [0.4, 0.5) is 10.7 Å². The largest absolute Gasteiger partial charge is 0.495 e. The van der Waals surface area contributed by atoms with Crippen LogP contribution in [0.2, 0.25) is 5.02 Å². The Balaban J connectivity index is 1.87. The first-order valence-electron chi connectivity index (χ1n) is 9.76. The highest BCUT2D eigenvalue weighted by molar-refractivity contribution is 7.80. The van der Waals surface area contributed by atoms with Crippen LogP contribution in [0.25, 0.3) is 0 Å². The van der Waals surface area contributed by atoms with E-state index in [2.05, 4.69) is 10.6 Å². The lowest BCUT2D eigenvalue weighted by atomic mass is 9.96. The summed E-state index contributed by atoms with van der Waals surface area (Å²) in [6, 6.07) is 5.27. The fourth-order valence-electron chi connectivity index (χ4n) is 3.46. The van der Waals surface area contributed by atoms with Crippen molar-refractivity contribution in [2.24, 2.45) is 0 Å². The van der Waals surface area contributed by atoms with Gasteiger partial charge in [-0.05, 0) is 68.6 Å². The van der Waals surface area contributed by atoms with Crippen LogP contribution in [0.3, 0.4) is 0 Å². The molecule has 0 saturated heterocycles. The van der Waals surface area contributed by atoms with E-state index in [4.69, 9.17) is 33.3 Å². The summed E-state index contributed by atoms with van der Waals surface area (Å²) in [5.41, 5.74) is 2.39. The predicted molar refractivity (Wildman–Crippen MR) is 124 cm³/mol. The maximum absolute atomic E-state index is 12.7. The number of hydrogen-bond acceptors (Lipinski definition) is 5. The number of ether oxygens (including phenoxy) is 2. The fraction of sp³-hybridized carbons (Fsp3) is 0.429. The number of hydrogen-bond donors (Lipinski definition) is 2. The third-order valence-electron chi connectivity index (χ3n) is 4.79. The molecule has 0 spiro atoms. The Labute approximate surface area is 185 Å². The van der Waals surface area contributed by atoms with Gasteiger partial charge in [0.1, 0.15) is 10.8 Å². The van der Waals surface area contributed by atoms with Crippen molar-refractivity contribution < 1.29 is 14.3 Å². The molecule has 1 aliphatic rings. The standard InChI is InChI=1S/C21H25ClN2O3S2/c1-3-27-20(25)18-14-8-6-4-5-7-9-17(14)29-19(18)24-21(28)23-15-12-13(22)10-11-16(15)26-2/h10-12H,3-9H2,1-2H3,(H2,23,24,28). The molecule has 0 aliphatic heterocycles. The van der Waals surface area contributed by atoms with E-state index in [1.165, 1.54) is 17.7 Å². The third kappa shape index (κ3) is 5.41. The number of carbonyl (C=O) groups is 1. The molecule has 156 valence electrons. The van der Waals surface area contributed by atoms with Gasteiger partial charge in [-0.2, -0.15) is 0 Å². The average molecular weight is 453 g/mol. The first-order chi connectivity index (χ1) is 14.0. The molecule has 0 saturated carbocycles. The van der Waals surface area contributed by atoms with Gasteiger partial charge in [0.05, 0.1) is 25.0 Å².